The van der Waals surface area contributed by atoms with E-state index in [0.29, 0.717) is 16.7 Å². The number of carboxylic acid groups (broad SMARTS) is 1. The zero-order valence-electron chi connectivity index (χ0n) is 11.6. The Balaban J connectivity index is 2.35. The van der Waals surface area contributed by atoms with Crippen molar-refractivity contribution in [3.8, 4) is 11.4 Å². The molecule has 1 N–H and O–H groups in total. The highest BCUT2D eigenvalue weighted by Gasteiger charge is 2.21. The van der Waals surface area contributed by atoms with Crippen LogP contribution in [0.5, 0.6) is 5.75 Å². The van der Waals surface area contributed by atoms with Gasteiger partial charge in [-0.15, -0.1) is 0 Å². The Kier molecular flexibility index (Phi) is 3.06. The van der Waals surface area contributed by atoms with Gasteiger partial charge in [0.25, 0.3) is 0 Å². The lowest BCUT2D eigenvalue weighted by molar-refractivity contribution is 0.0693. The molecule has 0 bridgehead atoms. The smallest absolute Gasteiger partial charge is 0.341 e. The quantitative estimate of drug-likeness (QED) is 0.798. The number of aromatic carboxylic acids is 1. The molecule has 6 nitrogen and oxygen atoms in total. The lowest BCUT2D eigenvalue weighted by atomic mass is 10.2. The minimum Gasteiger partial charge on any atom is -0.495 e. The minimum atomic E-state index is -1.08. The molecule has 3 rings (SSSR count). The predicted molar refractivity (Wildman–Crippen MR) is 77.1 cm³/mol. The molecule has 0 saturated heterocycles. The Bertz CT molecular complexity index is 825. The molecule has 106 valence electrons. The highest BCUT2D eigenvalue weighted by Crippen LogP contribution is 2.31. The van der Waals surface area contributed by atoms with E-state index < -0.39 is 5.97 Å². The molecule has 6 heteroatoms. The number of hydrogen-bond acceptors (Lipinski definition) is 4. The minimum absolute atomic E-state index is 0.0284. The maximum atomic E-state index is 11.3. The fourth-order valence-electron chi connectivity index (χ4n) is 2.33. The molecule has 21 heavy (non-hydrogen) atoms. The fraction of sp³-hybridized carbons (Fsp3) is 0.133. The topological polar surface area (TPSA) is 77.2 Å². The van der Waals surface area contributed by atoms with E-state index in [1.54, 1.807) is 11.6 Å². The van der Waals surface area contributed by atoms with Gasteiger partial charge in [-0.1, -0.05) is 18.2 Å². The van der Waals surface area contributed by atoms with Crippen LogP contribution in [0.3, 0.4) is 0 Å². The summed E-state index contributed by atoms with van der Waals surface area (Å²) in [4.78, 5) is 15.5. The molecule has 0 unspecified atom stereocenters. The first-order chi connectivity index (χ1) is 10.1. The number of carboxylic acids is 1. The largest absolute Gasteiger partial charge is 0.495 e. The molecule has 0 radical (unpaired) electrons. The Morgan fingerprint density at radius 2 is 2.00 bits per heavy atom. The van der Waals surface area contributed by atoms with Gasteiger partial charge in [0.05, 0.1) is 23.9 Å². The lowest BCUT2D eigenvalue weighted by Crippen LogP contribution is -2.03. The number of methoxy groups -OCH3 is 1. The second-order valence-corrected chi connectivity index (χ2v) is 4.54. The van der Waals surface area contributed by atoms with Gasteiger partial charge in [-0.3, -0.25) is 0 Å². The average molecular weight is 283 g/mol. The van der Waals surface area contributed by atoms with E-state index in [1.165, 1.54) is 13.3 Å². The number of para-hydroxylation sites is 1. The van der Waals surface area contributed by atoms with E-state index in [2.05, 4.69) is 10.1 Å². The highest BCUT2D eigenvalue weighted by molar-refractivity contribution is 5.99. The summed E-state index contributed by atoms with van der Waals surface area (Å²) in [6.07, 6.45) is 1.30. The van der Waals surface area contributed by atoms with E-state index in [4.69, 9.17) is 4.74 Å². The molecule has 0 fully saturated rings. The predicted octanol–water partition coefficient (Wildman–Crippen LogP) is 2.44. The van der Waals surface area contributed by atoms with Gasteiger partial charge >= 0.3 is 5.97 Å². The van der Waals surface area contributed by atoms with Crippen LogP contribution in [-0.2, 0) is 0 Å². The fourth-order valence-corrected chi connectivity index (χ4v) is 2.33. The number of rotatable bonds is 3. The van der Waals surface area contributed by atoms with Crippen molar-refractivity contribution in [2.75, 3.05) is 7.11 Å². The van der Waals surface area contributed by atoms with Crippen LogP contribution in [0, 0.1) is 6.92 Å². The summed E-state index contributed by atoms with van der Waals surface area (Å²) in [5, 5.41) is 14.3. The van der Waals surface area contributed by atoms with E-state index in [0.717, 1.165) is 5.69 Å². The van der Waals surface area contributed by atoms with Crippen molar-refractivity contribution in [1.29, 1.82) is 0 Å². The van der Waals surface area contributed by atoms with Crippen LogP contribution >= 0.6 is 0 Å². The molecule has 2 heterocycles. The van der Waals surface area contributed by atoms with Crippen molar-refractivity contribution in [3.05, 3.63) is 47.8 Å². The molecule has 0 aliphatic heterocycles. The van der Waals surface area contributed by atoms with E-state index >= 15 is 0 Å². The third-order valence-electron chi connectivity index (χ3n) is 3.26. The lowest BCUT2D eigenvalue weighted by Gasteiger charge is -2.07. The number of hydrogen-bond donors (Lipinski definition) is 1. The number of fused-ring (bicyclic) bond motifs is 1. The summed E-state index contributed by atoms with van der Waals surface area (Å²) >= 11 is 0. The number of nitrogens with zero attached hydrogens (tertiary/aromatic N) is 3. The van der Waals surface area contributed by atoms with Gasteiger partial charge in [-0.05, 0) is 19.1 Å². The molecule has 0 spiro atoms. The summed E-state index contributed by atoms with van der Waals surface area (Å²) < 4.78 is 6.96. The van der Waals surface area contributed by atoms with Crippen molar-refractivity contribution in [2.24, 2.45) is 0 Å². The van der Waals surface area contributed by atoms with E-state index in [1.807, 2.05) is 30.3 Å². The molecular weight excluding hydrogens is 270 g/mol. The normalized spacial score (nSPS) is 10.8. The van der Waals surface area contributed by atoms with Crippen LogP contribution in [0.15, 0.2) is 36.5 Å². The van der Waals surface area contributed by atoms with Gasteiger partial charge < -0.3 is 9.84 Å². The van der Waals surface area contributed by atoms with Crippen molar-refractivity contribution in [3.63, 3.8) is 0 Å². The van der Waals surface area contributed by atoms with E-state index in [-0.39, 0.29) is 11.3 Å². The third-order valence-corrected chi connectivity index (χ3v) is 3.26. The molecule has 0 amide bonds. The van der Waals surface area contributed by atoms with Gasteiger partial charge in [-0.2, -0.15) is 5.10 Å². The average Bonchev–Trinajstić information content (AvgIpc) is 2.84. The summed E-state index contributed by atoms with van der Waals surface area (Å²) in [5.41, 5.74) is 2.12. The second kappa shape index (κ2) is 4.90. The first-order valence-electron chi connectivity index (χ1n) is 6.34. The van der Waals surface area contributed by atoms with Crippen LogP contribution in [0.1, 0.15) is 16.1 Å². The Labute approximate surface area is 120 Å². The van der Waals surface area contributed by atoms with Crippen molar-refractivity contribution >= 4 is 17.0 Å². The summed E-state index contributed by atoms with van der Waals surface area (Å²) in [5.74, 6) is -0.791. The molecular formula is C15H13N3O3. The van der Waals surface area contributed by atoms with Crippen molar-refractivity contribution < 1.29 is 14.6 Å². The number of carbonyl (C=O) groups is 1. The van der Waals surface area contributed by atoms with Gasteiger partial charge in [0.1, 0.15) is 11.3 Å². The van der Waals surface area contributed by atoms with Gasteiger partial charge in [0.2, 0.25) is 0 Å². The SMILES string of the molecule is COc1c(C(=O)O)cnc2c1c(C)nn2-c1ccccc1. The van der Waals surface area contributed by atoms with Crippen LogP contribution in [-0.4, -0.2) is 33.0 Å². The number of benzene rings is 1. The van der Waals surface area contributed by atoms with Crippen LogP contribution in [0.4, 0.5) is 0 Å². The van der Waals surface area contributed by atoms with Crippen LogP contribution < -0.4 is 4.74 Å². The number of ether oxygens (including phenoxy) is 1. The first-order valence-corrected chi connectivity index (χ1v) is 6.34. The van der Waals surface area contributed by atoms with Crippen molar-refractivity contribution in [2.45, 2.75) is 6.92 Å². The molecule has 0 aliphatic carbocycles. The summed E-state index contributed by atoms with van der Waals surface area (Å²) in [6, 6.07) is 9.54. The summed E-state index contributed by atoms with van der Waals surface area (Å²) in [6.45, 7) is 1.80. The molecule has 3 aromatic rings. The second-order valence-electron chi connectivity index (χ2n) is 4.54. The molecule has 0 aliphatic rings. The number of pyridine rings is 1. The third kappa shape index (κ3) is 2.01. The standard InChI is InChI=1S/C15H13N3O3/c1-9-12-13(21-2)11(15(19)20)8-16-14(12)18(17-9)10-6-4-3-5-7-10/h3-8H,1-2H3,(H,19,20). The Hall–Kier alpha value is -2.89. The van der Waals surface area contributed by atoms with E-state index in [9.17, 15) is 9.90 Å². The molecule has 1 aromatic carbocycles. The van der Waals surface area contributed by atoms with Crippen LogP contribution in [0.2, 0.25) is 0 Å². The maximum absolute atomic E-state index is 11.3. The van der Waals surface area contributed by atoms with Crippen LogP contribution in [0.25, 0.3) is 16.7 Å². The summed E-state index contributed by atoms with van der Waals surface area (Å²) in [7, 11) is 1.44. The number of aromatic nitrogens is 3. The maximum Gasteiger partial charge on any atom is 0.341 e. The monoisotopic (exact) mass is 283 g/mol. The zero-order valence-corrected chi connectivity index (χ0v) is 11.6. The Morgan fingerprint density at radius 1 is 1.29 bits per heavy atom. The van der Waals surface area contributed by atoms with Crippen molar-refractivity contribution in [1.82, 2.24) is 14.8 Å². The highest BCUT2D eigenvalue weighted by atomic mass is 16.5. The first kappa shape index (κ1) is 13.1. The number of aryl methyl sites for hydroxylation is 1. The molecule has 2 aromatic heterocycles. The molecule has 0 atom stereocenters. The van der Waals surface area contributed by atoms with Gasteiger partial charge in [0, 0.05) is 6.20 Å². The molecule has 0 saturated carbocycles. The van der Waals surface area contributed by atoms with Gasteiger partial charge in [-0.25, -0.2) is 14.5 Å². The Morgan fingerprint density at radius 3 is 2.62 bits per heavy atom. The van der Waals surface area contributed by atoms with Gasteiger partial charge in [0.15, 0.2) is 5.65 Å². The zero-order chi connectivity index (χ0) is 15.0.